The third kappa shape index (κ3) is 4.24. The highest BCUT2D eigenvalue weighted by Gasteiger charge is 2.18. The van der Waals surface area contributed by atoms with Crippen molar-refractivity contribution in [1.29, 1.82) is 0 Å². The average Bonchev–Trinajstić information content (AvgIpc) is 3.39. The van der Waals surface area contributed by atoms with E-state index in [1.165, 1.54) is 12.8 Å². The monoisotopic (exact) mass is 379 g/mol. The lowest BCUT2D eigenvalue weighted by atomic mass is 10.1. The molecule has 0 aliphatic heterocycles. The maximum Gasteiger partial charge on any atom is 0.175 e. The van der Waals surface area contributed by atoms with Crippen LogP contribution < -0.4 is 14.8 Å². The number of rotatable bonds is 7. The molecule has 0 saturated heterocycles. The van der Waals surface area contributed by atoms with Crippen molar-refractivity contribution in [3.8, 4) is 17.3 Å². The minimum atomic E-state index is 0.294. The molecule has 0 spiro atoms. The van der Waals surface area contributed by atoms with Gasteiger partial charge < -0.3 is 14.8 Å². The van der Waals surface area contributed by atoms with Crippen LogP contribution in [0.2, 0.25) is 0 Å². The third-order valence-corrected chi connectivity index (χ3v) is 4.94. The first-order chi connectivity index (χ1) is 13.7. The van der Waals surface area contributed by atoms with Gasteiger partial charge in [0.1, 0.15) is 17.3 Å². The van der Waals surface area contributed by atoms with Gasteiger partial charge in [-0.3, -0.25) is 0 Å². The summed E-state index contributed by atoms with van der Waals surface area (Å²) in [6.45, 7) is 2.54. The summed E-state index contributed by atoms with van der Waals surface area (Å²) >= 11 is 0. The van der Waals surface area contributed by atoms with Crippen LogP contribution in [0.1, 0.15) is 36.9 Å². The van der Waals surface area contributed by atoms with E-state index in [0.717, 1.165) is 35.6 Å². The molecule has 1 aromatic carbocycles. The SMILES string of the molecule is COc1ccc(CNc2ccc(-n3ccc(C)n3)nn2)c(OC2CCCC2)c1. The Bertz CT molecular complexity index is 917. The molecule has 1 fully saturated rings. The van der Waals surface area contributed by atoms with Crippen LogP contribution in [0.5, 0.6) is 11.5 Å². The van der Waals surface area contributed by atoms with E-state index in [-0.39, 0.29) is 0 Å². The number of anilines is 1. The van der Waals surface area contributed by atoms with Crippen LogP contribution in [-0.2, 0) is 6.54 Å². The normalized spacial score (nSPS) is 14.2. The van der Waals surface area contributed by atoms with Crippen LogP contribution in [0, 0.1) is 6.92 Å². The zero-order valence-electron chi connectivity index (χ0n) is 16.3. The highest BCUT2D eigenvalue weighted by molar-refractivity contribution is 5.44. The fraction of sp³-hybridized carbons (Fsp3) is 0.381. The number of hydrogen-bond acceptors (Lipinski definition) is 6. The van der Waals surface area contributed by atoms with Gasteiger partial charge in [0.05, 0.1) is 18.9 Å². The molecule has 7 heteroatoms. The first kappa shape index (κ1) is 18.3. The standard InChI is InChI=1S/C21H25N5O2/c1-15-11-12-26(25-15)21-10-9-20(23-24-21)22-14-16-7-8-18(27-2)13-19(16)28-17-5-3-4-6-17/h7-13,17H,3-6,14H2,1-2H3,(H,22,23). The number of hydrogen-bond donors (Lipinski definition) is 1. The molecule has 7 nitrogen and oxygen atoms in total. The van der Waals surface area contributed by atoms with E-state index < -0.39 is 0 Å². The van der Waals surface area contributed by atoms with Gasteiger partial charge in [-0.25, -0.2) is 4.68 Å². The molecular formula is C21H25N5O2. The Kier molecular flexibility index (Phi) is 5.41. The van der Waals surface area contributed by atoms with Crippen molar-refractivity contribution in [3.63, 3.8) is 0 Å². The highest BCUT2D eigenvalue weighted by Crippen LogP contribution is 2.30. The largest absolute Gasteiger partial charge is 0.497 e. The van der Waals surface area contributed by atoms with Gasteiger partial charge in [0, 0.05) is 24.4 Å². The maximum absolute atomic E-state index is 6.25. The number of ether oxygens (including phenoxy) is 2. The average molecular weight is 379 g/mol. The predicted molar refractivity (Wildman–Crippen MR) is 107 cm³/mol. The van der Waals surface area contributed by atoms with Crippen LogP contribution in [0.25, 0.3) is 5.82 Å². The quantitative estimate of drug-likeness (QED) is 0.671. The third-order valence-electron chi connectivity index (χ3n) is 4.94. The van der Waals surface area contributed by atoms with E-state index in [0.29, 0.717) is 24.3 Å². The second-order valence-corrected chi connectivity index (χ2v) is 7.03. The second kappa shape index (κ2) is 8.29. The second-order valence-electron chi connectivity index (χ2n) is 7.03. The fourth-order valence-electron chi connectivity index (χ4n) is 3.37. The first-order valence-corrected chi connectivity index (χ1v) is 9.65. The Balaban J connectivity index is 1.45. The molecule has 0 unspecified atom stereocenters. The molecule has 28 heavy (non-hydrogen) atoms. The van der Waals surface area contributed by atoms with Gasteiger partial charge in [0.2, 0.25) is 0 Å². The summed E-state index contributed by atoms with van der Waals surface area (Å²) in [4.78, 5) is 0. The van der Waals surface area contributed by atoms with Crippen LogP contribution >= 0.6 is 0 Å². The predicted octanol–water partition coefficient (Wildman–Crippen LogP) is 3.91. The van der Waals surface area contributed by atoms with Gasteiger partial charge >= 0.3 is 0 Å². The fourth-order valence-corrected chi connectivity index (χ4v) is 3.37. The first-order valence-electron chi connectivity index (χ1n) is 9.65. The summed E-state index contributed by atoms with van der Waals surface area (Å²) in [5.74, 6) is 3.06. The summed E-state index contributed by atoms with van der Waals surface area (Å²) in [7, 11) is 1.67. The molecule has 1 saturated carbocycles. The summed E-state index contributed by atoms with van der Waals surface area (Å²) < 4.78 is 13.3. The Morgan fingerprint density at radius 1 is 1.11 bits per heavy atom. The van der Waals surface area contributed by atoms with Crippen molar-refractivity contribution < 1.29 is 9.47 Å². The molecule has 2 aromatic heterocycles. The number of methoxy groups -OCH3 is 1. The number of aryl methyl sites for hydroxylation is 1. The van der Waals surface area contributed by atoms with Crippen molar-refractivity contribution >= 4 is 5.82 Å². The lowest BCUT2D eigenvalue weighted by Crippen LogP contribution is -2.13. The lowest BCUT2D eigenvalue weighted by molar-refractivity contribution is 0.207. The summed E-state index contributed by atoms with van der Waals surface area (Å²) in [5, 5.41) is 16.2. The highest BCUT2D eigenvalue weighted by atomic mass is 16.5. The van der Waals surface area contributed by atoms with Crippen LogP contribution in [0.15, 0.2) is 42.6 Å². The van der Waals surface area contributed by atoms with E-state index in [1.54, 1.807) is 11.8 Å². The Morgan fingerprint density at radius 2 is 1.96 bits per heavy atom. The summed E-state index contributed by atoms with van der Waals surface area (Å²) in [5.41, 5.74) is 2.01. The van der Waals surface area contributed by atoms with E-state index in [2.05, 4.69) is 20.6 Å². The smallest absolute Gasteiger partial charge is 0.175 e. The van der Waals surface area contributed by atoms with E-state index in [9.17, 15) is 0 Å². The zero-order valence-corrected chi connectivity index (χ0v) is 16.3. The van der Waals surface area contributed by atoms with Crippen molar-refractivity contribution in [2.75, 3.05) is 12.4 Å². The molecular weight excluding hydrogens is 354 g/mol. The van der Waals surface area contributed by atoms with E-state index >= 15 is 0 Å². The van der Waals surface area contributed by atoms with Gasteiger partial charge in [0.25, 0.3) is 0 Å². The van der Waals surface area contributed by atoms with Gasteiger partial charge in [0.15, 0.2) is 5.82 Å². The number of benzene rings is 1. The topological polar surface area (TPSA) is 74.1 Å². The molecule has 4 rings (SSSR count). The van der Waals surface area contributed by atoms with Gasteiger partial charge in [-0.2, -0.15) is 5.10 Å². The van der Waals surface area contributed by atoms with Crippen molar-refractivity contribution in [3.05, 3.63) is 53.9 Å². The van der Waals surface area contributed by atoms with E-state index in [4.69, 9.17) is 9.47 Å². The zero-order chi connectivity index (χ0) is 19.3. The molecule has 0 amide bonds. The lowest BCUT2D eigenvalue weighted by Gasteiger charge is -2.18. The minimum Gasteiger partial charge on any atom is -0.497 e. The molecule has 0 bridgehead atoms. The number of nitrogens with one attached hydrogen (secondary N) is 1. The molecule has 2 heterocycles. The Morgan fingerprint density at radius 3 is 2.64 bits per heavy atom. The van der Waals surface area contributed by atoms with Crippen molar-refractivity contribution in [1.82, 2.24) is 20.0 Å². The van der Waals surface area contributed by atoms with Gasteiger partial charge in [-0.1, -0.05) is 0 Å². The summed E-state index contributed by atoms with van der Waals surface area (Å²) in [6, 6.07) is 11.7. The Labute approximate surface area is 164 Å². The molecule has 1 aliphatic carbocycles. The van der Waals surface area contributed by atoms with Crippen molar-refractivity contribution in [2.24, 2.45) is 0 Å². The molecule has 3 aromatic rings. The van der Waals surface area contributed by atoms with Crippen LogP contribution in [-0.4, -0.2) is 33.2 Å². The molecule has 0 radical (unpaired) electrons. The van der Waals surface area contributed by atoms with E-state index in [1.807, 2.05) is 49.5 Å². The van der Waals surface area contributed by atoms with Crippen LogP contribution in [0.3, 0.4) is 0 Å². The molecule has 0 atom stereocenters. The molecule has 1 N–H and O–H groups in total. The summed E-state index contributed by atoms with van der Waals surface area (Å²) in [6.07, 6.45) is 6.87. The van der Waals surface area contributed by atoms with Gasteiger partial charge in [-0.15, -0.1) is 10.2 Å². The van der Waals surface area contributed by atoms with Crippen molar-refractivity contribution in [2.45, 2.75) is 45.3 Å². The van der Waals surface area contributed by atoms with Crippen LogP contribution in [0.4, 0.5) is 5.82 Å². The molecule has 1 aliphatic rings. The Hall–Kier alpha value is -3.09. The minimum absolute atomic E-state index is 0.294. The molecule has 146 valence electrons. The number of nitrogens with zero attached hydrogens (tertiary/aromatic N) is 4. The maximum atomic E-state index is 6.25. The van der Waals surface area contributed by atoms with Gasteiger partial charge in [-0.05, 0) is 62.9 Å². The number of aromatic nitrogens is 4.